The average Bonchev–Trinajstić information content (AvgIpc) is 2.42. The fourth-order valence-corrected chi connectivity index (χ4v) is 2.54. The number of aliphatic carboxylic acids is 1. The van der Waals surface area contributed by atoms with Gasteiger partial charge in [0.05, 0.1) is 11.6 Å². The maximum absolute atomic E-state index is 14.0. The van der Waals surface area contributed by atoms with Crippen molar-refractivity contribution < 1.29 is 23.9 Å². The van der Waals surface area contributed by atoms with Crippen LogP contribution in [0.3, 0.4) is 0 Å². The van der Waals surface area contributed by atoms with E-state index in [1.165, 1.54) is 12.1 Å². The predicted octanol–water partition coefficient (Wildman–Crippen LogP) is 2.40. The first kappa shape index (κ1) is 17.9. The highest BCUT2D eigenvalue weighted by atomic mass is 19.1. The monoisotopic (exact) mass is 336 g/mol. The normalized spacial score (nSPS) is 19.5. The van der Waals surface area contributed by atoms with Gasteiger partial charge < -0.3 is 15.7 Å². The van der Waals surface area contributed by atoms with E-state index in [-0.39, 0.29) is 35.5 Å². The van der Waals surface area contributed by atoms with Crippen molar-refractivity contribution in [2.24, 2.45) is 11.8 Å². The number of carboxylic acids is 1. The summed E-state index contributed by atoms with van der Waals surface area (Å²) in [7, 11) is 0. The summed E-state index contributed by atoms with van der Waals surface area (Å²) in [6, 6.07) is 3.64. The number of carboxylic acid groups (broad SMARTS) is 1. The number of amides is 2. The average molecular weight is 336 g/mol. The number of halogens is 1. The smallest absolute Gasteiger partial charge is 0.306 e. The quantitative estimate of drug-likeness (QED) is 0.743. The Morgan fingerprint density at radius 3 is 2.50 bits per heavy atom. The molecule has 2 rings (SSSR count). The molecule has 0 radical (unpaired) electrons. The first-order valence-electron chi connectivity index (χ1n) is 7.89. The van der Waals surface area contributed by atoms with Crippen molar-refractivity contribution in [1.82, 2.24) is 5.32 Å². The topological polar surface area (TPSA) is 95.5 Å². The highest BCUT2D eigenvalue weighted by molar-refractivity contribution is 5.96. The van der Waals surface area contributed by atoms with E-state index in [9.17, 15) is 18.8 Å². The molecule has 0 aliphatic heterocycles. The first-order chi connectivity index (χ1) is 11.3. The number of rotatable bonds is 6. The molecule has 0 bridgehead atoms. The van der Waals surface area contributed by atoms with Gasteiger partial charge in [-0.2, -0.15) is 0 Å². The van der Waals surface area contributed by atoms with Crippen LogP contribution >= 0.6 is 0 Å². The zero-order valence-electron chi connectivity index (χ0n) is 13.6. The Bertz CT molecular complexity index is 654. The third kappa shape index (κ3) is 4.53. The van der Waals surface area contributed by atoms with Crippen molar-refractivity contribution in [3.05, 3.63) is 29.6 Å². The van der Waals surface area contributed by atoms with Crippen LogP contribution in [0.1, 0.15) is 43.5 Å². The van der Waals surface area contributed by atoms with Crippen LogP contribution in [0.15, 0.2) is 18.2 Å². The number of hydrogen-bond acceptors (Lipinski definition) is 3. The lowest BCUT2D eigenvalue weighted by molar-refractivity contribution is -0.145. The molecule has 0 saturated heterocycles. The molecule has 1 aromatic carbocycles. The van der Waals surface area contributed by atoms with Gasteiger partial charge in [-0.3, -0.25) is 14.4 Å². The van der Waals surface area contributed by atoms with E-state index in [0.717, 1.165) is 6.07 Å². The molecule has 1 saturated carbocycles. The van der Waals surface area contributed by atoms with Crippen molar-refractivity contribution in [3.63, 3.8) is 0 Å². The summed E-state index contributed by atoms with van der Waals surface area (Å²) in [5.74, 6) is -2.55. The molecule has 0 aromatic heterocycles. The highest BCUT2D eigenvalue weighted by Gasteiger charge is 2.35. The predicted molar refractivity (Wildman–Crippen MR) is 86.1 cm³/mol. The molecule has 24 heavy (non-hydrogen) atoms. The summed E-state index contributed by atoms with van der Waals surface area (Å²) in [5.41, 5.74) is 0.167. The SMILES string of the molecule is CC(C)CC(=O)Nc1ccc(C(=O)NC2CC(C(=O)O)C2)cc1F. The van der Waals surface area contributed by atoms with Crippen LogP contribution in [0.2, 0.25) is 0 Å². The Hall–Kier alpha value is -2.44. The molecule has 0 unspecified atom stereocenters. The fraction of sp³-hybridized carbons (Fsp3) is 0.471. The lowest BCUT2D eigenvalue weighted by atomic mass is 9.80. The highest BCUT2D eigenvalue weighted by Crippen LogP contribution is 2.27. The van der Waals surface area contributed by atoms with Gasteiger partial charge in [0.15, 0.2) is 0 Å². The molecule has 1 fully saturated rings. The molecule has 1 aliphatic rings. The van der Waals surface area contributed by atoms with Crippen molar-refractivity contribution in [2.45, 2.75) is 39.2 Å². The molecule has 3 N–H and O–H groups in total. The second-order valence-corrected chi connectivity index (χ2v) is 6.52. The van der Waals surface area contributed by atoms with Gasteiger partial charge >= 0.3 is 5.97 Å². The lowest BCUT2D eigenvalue weighted by Gasteiger charge is -2.32. The molecule has 0 heterocycles. The Balaban J connectivity index is 1.93. The van der Waals surface area contributed by atoms with Gasteiger partial charge in [-0.1, -0.05) is 13.8 Å². The van der Waals surface area contributed by atoms with E-state index in [1.54, 1.807) is 0 Å². The second kappa shape index (κ2) is 7.42. The fourth-order valence-electron chi connectivity index (χ4n) is 2.54. The summed E-state index contributed by atoms with van der Waals surface area (Å²) in [4.78, 5) is 34.4. The standard InChI is InChI=1S/C17H21FN2O4/c1-9(2)5-15(21)20-14-4-3-10(8-13(14)18)16(22)19-12-6-11(7-12)17(23)24/h3-4,8-9,11-12H,5-7H2,1-2H3,(H,19,22)(H,20,21)(H,23,24). The Morgan fingerprint density at radius 2 is 1.96 bits per heavy atom. The van der Waals surface area contributed by atoms with Crippen LogP contribution in [0, 0.1) is 17.7 Å². The zero-order chi connectivity index (χ0) is 17.9. The molecular formula is C17H21FN2O4. The molecule has 0 spiro atoms. The Labute approximate surface area is 139 Å². The van der Waals surface area contributed by atoms with Crippen LogP contribution in [0.25, 0.3) is 0 Å². The van der Waals surface area contributed by atoms with Crippen LogP contribution in [0.5, 0.6) is 0 Å². The van der Waals surface area contributed by atoms with Crippen LogP contribution in [0.4, 0.5) is 10.1 Å². The number of anilines is 1. The van der Waals surface area contributed by atoms with Gasteiger partial charge in [0.1, 0.15) is 5.82 Å². The minimum Gasteiger partial charge on any atom is -0.481 e. The number of carbonyl (C=O) groups excluding carboxylic acids is 2. The first-order valence-corrected chi connectivity index (χ1v) is 7.89. The maximum atomic E-state index is 14.0. The third-order valence-corrected chi connectivity index (χ3v) is 3.92. The molecule has 6 nitrogen and oxygen atoms in total. The molecule has 1 aromatic rings. The molecule has 7 heteroatoms. The minimum atomic E-state index is -0.868. The van der Waals surface area contributed by atoms with Crippen LogP contribution in [-0.2, 0) is 9.59 Å². The van der Waals surface area contributed by atoms with Gasteiger partial charge in [0.25, 0.3) is 5.91 Å². The summed E-state index contributed by atoms with van der Waals surface area (Å²) in [6.45, 7) is 3.78. The number of nitrogens with one attached hydrogen (secondary N) is 2. The van der Waals surface area contributed by atoms with Crippen molar-refractivity contribution in [2.75, 3.05) is 5.32 Å². The number of carbonyl (C=O) groups is 3. The van der Waals surface area contributed by atoms with Gasteiger partial charge in [0.2, 0.25) is 5.91 Å². The van der Waals surface area contributed by atoms with Crippen LogP contribution < -0.4 is 10.6 Å². The largest absolute Gasteiger partial charge is 0.481 e. The summed E-state index contributed by atoms with van der Waals surface area (Å²) in [6.07, 6.45) is 1.05. The number of benzene rings is 1. The molecule has 0 atom stereocenters. The maximum Gasteiger partial charge on any atom is 0.306 e. The number of hydrogen-bond donors (Lipinski definition) is 3. The van der Waals surface area contributed by atoms with E-state index in [0.29, 0.717) is 12.8 Å². The summed E-state index contributed by atoms with van der Waals surface area (Å²) in [5, 5.41) is 14.0. The molecule has 1 aliphatic carbocycles. The van der Waals surface area contributed by atoms with E-state index in [1.807, 2.05) is 13.8 Å². The molecular weight excluding hydrogens is 315 g/mol. The molecule has 2 amide bonds. The van der Waals surface area contributed by atoms with Crippen molar-refractivity contribution >= 4 is 23.5 Å². The van der Waals surface area contributed by atoms with E-state index in [2.05, 4.69) is 10.6 Å². The zero-order valence-corrected chi connectivity index (χ0v) is 13.6. The Kier molecular flexibility index (Phi) is 5.54. The van der Waals surface area contributed by atoms with Crippen LogP contribution in [-0.4, -0.2) is 28.9 Å². The second-order valence-electron chi connectivity index (χ2n) is 6.52. The van der Waals surface area contributed by atoms with E-state index >= 15 is 0 Å². The van der Waals surface area contributed by atoms with E-state index in [4.69, 9.17) is 5.11 Å². The van der Waals surface area contributed by atoms with Gasteiger partial charge in [-0.25, -0.2) is 4.39 Å². The van der Waals surface area contributed by atoms with Gasteiger partial charge in [-0.15, -0.1) is 0 Å². The summed E-state index contributed by atoms with van der Waals surface area (Å²) >= 11 is 0. The lowest BCUT2D eigenvalue weighted by Crippen LogP contribution is -2.46. The summed E-state index contributed by atoms with van der Waals surface area (Å²) < 4.78 is 14.0. The van der Waals surface area contributed by atoms with E-state index < -0.39 is 23.6 Å². The van der Waals surface area contributed by atoms with Crippen molar-refractivity contribution in [3.8, 4) is 0 Å². The minimum absolute atomic E-state index is 0.0341. The van der Waals surface area contributed by atoms with Crippen molar-refractivity contribution in [1.29, 1.82) is 0 Å². The third-order valence-electron chi connectivity index (χ3n) is 3.92. The Morgan fingerprint density at radius 1 is 1.29 bits per heavy atom. The van der Waals surface area contributed by atoms with Gasteiger partial charge in [0, 0.05) is 18.0 Å². The molecule has 130 valence electrons. The van der Waals surface area contributed by atoms with Gasteiger partial charge in [-0.05, 0) is 37.0 Å².